The van der Waals surface area contributed by atoms with Crippen LogP contribution in [0, 0.1) is 3.57 Å². The Hall–Kier alpha value is -1.53. The molecule has 3 rings (SSSR count). The monoisotopic (exact) mass is 395 g/mol. The van der Waals surface area contributed by atoms with Crippen molar-refractivity contribution in [3.8, 4) is 0 Å². The molecule has 2 aromatic carbocycles. The molecular weight excluding hydrogens is 385 g/mol. The molecule has 1 heterocycles. The van der Waals surface area contributed by atoms with E-state index in [1.165, 1.54) is 0 Å². The smallest absolute Gasteiger partial charge is 0.131 e. The highest BCUT2D eigenvalue weighted by Gasteiger charge is 2.03. The van der Waals surface area contributed by atoms with E-state index in [2.05, 4.69) is 32.9 Å². The topological polar surface area (TPSA) is 50.9 Å². The molecular formula is C15H11ClIN3. The Morgan fingerprint density at radius 2 is 1.90 bits per heavy atom. The lowest BCUT2D eigenvalue weighted by Gasteiger charge is -2.09. The maximum atomic E-state index is 6.21. The van der Waals surface area contributed by atoms with Gasteiger partial charge >= 0.3 is 0 Å². The first-order chi connectivity index (χ1) is 9.61. The molecule has 3 aromatic rings. The van der Waals surface area contributed by atoms with E-state index in [1.807, 2.05) is 48.5 Å². The van der Waals surface area contributed by atoms with Crippen molar-refractivity contribution in [2.24, 2.45) is 0 Å². The number of anilines is 3. The van der Waals surface area contributed by atoms with Gasteiger partial charge in [-0.3, -0.25) is 0 Å². The van der Waals surface area contributed by atoms with Gasteiger partial charge in [-0.1, -0.05) is 11.6 Å². The van der Waals surface area contributed by atoms with Crippen molar-refractivity contribution in [3.63, 3.8) is 0 Å². The van der Waals surface area contributed by atoms with Gasteiger partial charge in [0, 0.05) is 14.6 Å². The molecule has 0 bridgehead atoms. The molecule has 0 aliphatic rings. The first-order valence-electron chi connectivity index (χ1n) is 6.00. The predicted octanol–water partition coefficient (Wildman–Crippen LogP) is 4.82. The van der Waals surface area contributed by atoms with Crippen LogP contribution >= 0.6 is 34.2 Å². The molecule has 0 fully saturated rings. The third-order valence-electron chi connectivity index (χ3n) is 2.91. The number of rotatable bonds is 2. The summed E-state index contributed by atoms with van der Waals surface area (Å²) >= 11 is 8.43. The van der Waals surface area contributed by atoms with Gasteiger partial charge in [-0.25, -0.2) is 4.98 Å². The molecule has 0 saturated carbocycles. The van der Waals surface area contributed by atoms with E-state index >= 15 is 0 Å². The van der Waals surface area contributed by atoms with Crippen molar-refractivity contribution in [1.29, 1.82) is 0 Å². The van der Waals surface area contributed by atoms with Gasteiger partial charge in [-0.15, -0.1) is 0 Å². The van der Waals surface area contributed by atoms with E-state index in [1.54, 1.807) is 0 Å². The first-order valence-corrected chi connectivity index (χ1v) is 7.46. The van der Waals surface area contributed by atoms with E-state index in [0.29, 0.717) is 5.02 Å². The Morgan fingerprint density at radius 1 is 1.05 bits per heavy atom. The summed E-state index contributed by atoms with van der Waals surface area (Å²) in [4.78, 5) is 4.55. The molecule has 0 radical (unpaired) electrons. The predicted molar refractivity (Wildman–Crippen MR) is 93.6 cm³/mol. The lowest BCUT2D eigenvalue weighted by molar-refractivity contribution is 1.37. The fourth-order valence-corrected chi connectivity index (χ4v) is 2.85. The van der Waals surface area contributed by atoms with E-state index < -0.39 is 0 Å². The summed E-state index contributed by atoms with van der Waals surface area (Å²) in [6.07, 6.45) is 0. The van der Waals surface area contributed by atoms with E-state index in [0.717, 1.165) is 31.7 Å². The highest BCUT2D eigenvalue weighted by molar-refractivity contribution is 14.1. The van der Waals surface area contributed by atoms with Crippen LogP contribution in [0.15, 0.2) is 48.5 Å². The maximum absolute atomic E-state index is 6.21. The number of hydrogen-bond donors (Lipinski definition) is 2. The molecule has 0 saturated heterocycles. The van der Waals surface area contributed by atoms with Crippen molar-refractivity contribution < 1.29 is 0 Å². The van der Waals surface area contributed by atoms with E-state index in [4.69, 9.17) is 17.3 Å². The Bertz CT molecular complexity index is 789. The van der Waals surface area contributed by atoms with Crippen molar-refractivity contribution in [3.05, 3.63) is 57.1 Å². The molecule has 0 aliphatic carbocycles. The number of fused-ring (bicyclic) bond motifs is 1. The molecule has 0 aliphatic heterocycles. The summed E-state index contributed by atoms with van der Waals surface area (Å²) in [7, 11) is 0. The molecule has 0 spiro atoms. The largest absolute Gasteiger partial charge is 0.399 e. The van der Waals surface area contributed by atoms with Gasteiger partial charge in [0.25, 0.3) is 0 Å². The molecule has 5 heteroatoms. The third-order valence-corrected chi connectivity index (χ3v) is 3.89. The second-order valence-corrected chi connectivity index (χ2v) is 6.05. The maximum Gasteiger partial charge on any atom is 0.131 e. The Kier molecular flexibility index (Phi) is 3.67. The molecule has 0 unspecified atom stereocenters. The quantitative estimate of drug-likeness (QED) is 0.483. The van der Waals surface area contributed by atoms with E-state index in [9.17, 15) is 0 Å². The highest BCUT2D eigenvalue weighted by Crippen LogP contribution is 2.27. The zero-order valence-electron chi connectivity index (χ0n) is 10.4. The third kappa shape index (κ3) is 2.81. The highest BCUT2D eigenvalue weighted by atomic mass is 127. The summed E-state index contributed by atoms with van der Waals surface area (Å²) in [5, 5.41) is 4.92. The number of pyridine rings is 1. The van der Waals surface area contributed by atoms with Gasteiger partial charge in [0.1, 0.15) is 5.82 Å². The van der Waals surface area contributed by atoms with Crippen LogP contribution in [-0.2, 0) is 0 Å². The number of nitrogens with zero attached hydrogens (tertiary/aromatic N) is 1. The van der Waals surface area contributed by atoms with Crippen LogP contribution in [0.3, 0.4) is 0 Å². The second kappa shape index (κ2) is 5.46. The molecule has 3 nitrogen and oxygen atoms in total. The van der Waals surface area contributed by atoms with Crippen LogP contribution in [0.2, 0.25) is 5.02 Å². The van der Waals surface area contributed by atoms with Crippen molar-refractivity contribution in [2.75, 3.05) is 11.1 Å². The Balaban J connectivity index is 1.96. The van der Waals surface area contributed by atoms with Crippen LogP contribution in [0.4, 0.5) is 17.2 Å². The molecule has 0 amide bonds. The second-order valence-electron chi connectivity index (χ2n) is 4.40. The minimum atomic E-state index is 0.677. The average Bonchev–Trinajstić information content (AvgIpc) is 2.42. The van der Waals surface area contributed by atoms with Crippen molar-refractivity contribution in [1.82, 2.24) is 4.98 Å². The number of aromatic nitrogens is 1. The van der Waals surface area contributed by atoms with Gasteiger partial charge in [0.15, 0.2) is 0 Å². The standard InChI is InChI=1S/C15H11ClIN3/c16-12-8-10(17)2-4-14(12)20-15-6-1-9-7-11(18)3-5-13(9)19-15/h1-8H,18H2,(H,19,20). The minimum Gasteiger partial charge on any atom is -0.399 e. The van der Waals surface area contributed by atoms with Crippen molar-refractivity contribution in [2.45, 2.75) is 0 Å². The number of nitrogens with two attached hydrogens (primary N) is 1. The number of hydrogen-bond acceptors (Lipinski definition) is 3. The first kappa shape index (κ1) is 13.5. The van der Waals surface area contributed by atoms with Gasteiger partial charge < -0.3 is 11.1 Å². The SMILES string of the molecule is Nc1ccc2nc(Nc3ccc(I)cc3Cl)ccc2c1. The van der Waals surface area contributed by atoms with Crippen LogP contribution in [0.25, 0.3) is 10.9 Å². The lowest BCUT2D eigenvalue weighted by Crippen LogP contribution is -1.95. The molecule has 3 N–H and O–H groups in total. The molecule has 1 aromatic heterocycles. The van der Waals surface area contributed by atoms with Gasteiger partial charge in [-0.05, 0) is 71.1 Å². The zero-order chi connectivity index (χ0) is 14.1. The number of nitrogens with one attached hydrogen (secondary N) is 1. The zero-order valence-corrected chi connectivity index (χ0v) is 13.3. The fourth-order valence-electron chi connectivity index (χ4n) is 1.94. The summed E-state index contributed by atoms with van der Waals surface area (Å²) in [6, 6.07) is 15.4. The average molecular weight is 396 g/mol. The Morgan fingerprint density at radius 3 is 2.70 bits per heavy atom. The number of benzene rings is 2. The molecule has 0 atom stereocenters. The van der Waals surface area contributed by atoms with Crippen LogP contribution in [0.1, 0.15) is 0 Å². The van der Waals surface area contributed by atoms with Gasteiger partial charge in [0.05, 0.1) is 16.2 Å². The summed E-state index contributed by atoms with van der Waals surface area (Å²) in [5.41, 5.74) is 8.23. The van der Waals surface area contributed by atoms with Crippen LogP contribution in [0.5, 0.6) is 0 Å². The molecule has 20 heavy (non-hydrogen) atoms. The van der Waals surface area contributed by atoms with E-state index in [-0.39, 0.29) is 0 Å². The van der Waals surface area contributed by atoms with Crippen LogP contribution in [-0.4, -0.2) is 4.98 Å². The van der Waals surface area contributed by atoms with Gasteiger partial charge in [0.2, 0.25) is 0 Å². The minimum absolute atomic E-state index is 0.677. The normalized spacial score (nSPS) is 10.7. The summed E-state index contributed by atoms with van der Waals surface area (Å²) < 4.78 is 1.10. The fraction of sp³-hybridized carbons (Fsp3) is 0. The van der Waals surface area contributed by atoms with Crippen LogP contribution < -0.4 is 11.1 Å². The molecule has 100 valence electrons. The lowest BCUT2D eigenvalue weighted by atomic mass is 10.2. The number of halogens is 2. The Labute approximate surface area is 135 Å². The van der Waals surface area contributed by atoms with Gasteiger partial charge in [-0.2, -0.15) is 0 Å². The summed E-state index contributed by atoms with van der Waals surface area (Å²) in [6.45, 7) is 0. The summed E-state index contributed by atoms with van der Waals surface area (Å²) in [5.74, 6) is 0.755. The number of nitrogen functional groups attached to an aromatic ring is 1. The van der Waals surface area contributed by atoms with Crippen molar-refractivity contribution >= 4 is 62.3 Å².